The van der Waals surface area contributed by atoms with Crippen LogP contribution in [0.1, 0.15) is 31.9 Å². The number of rotatable bonds is 6. The smallest absolute Gasteiger partial charge is 0.232 e. The summed E-state index contributed by atoms with van der Waals surface area (Å²) < 4.78 is 25.4. The number of nitrogens with one attached hydrogen (secondary N) is 2. The Bertz CT molecular complexity index is 1180. The van der Waals surface area contributed by atoms with Gasteiger partial charge in [0.25, 0.3) is 0 Å². The molecule has 2 aromatic heterocycles. The zero-order chi connectivity index (χ0) is 23.9. The summed E-state index contributed by atoms with van der Waals surface area (Å²) >= 11 is 0. The number of anilines is 1. The Hall–Kier alpha value is -3.37. The van der Waals surface area contributed by atoms with Crippen LogP contribution in [0.5, 0.6) is 0 Å². The van der Waals surface area contributed by atoms with Crippen LogP contribution in [0.3, 0.4) is 0 Å². The third kappa shape index (κ3) is 4.51. The molecular weight excluding hydrogens is 439 g/mol. The Labute approximate surface area is 196 Å². The Morgan fingerprint density at radius 1 is 1.15 bits per heavy atom. The predicted octanol–water partition coefficient (Wildman–Crippen LogP) is 3.39. The Morgan fingerprint density at radius 3 is 2.50 bits per heavy atom. The second-order valence-corrected chi connectivity index (χ2v) is 9.25. The summed E-state index contributed by atoms with van der Waals surface area (Å²) in [7, 11) is 3.42. The van der Waals surface area contributed by atoms with Crippen molar-refractivity contribution in [2.45, 2.75) is 32.1 Å². The predicted molar refractivity (Wildman–Crippen MR) is 123 cm³/mol. The molecule has 0 spiro atoms. The van der Waals surface area contributed by atoms with Gasteiger partial charge < -0.3 is 24.7 Å². The molecule has 3 aromatic rings. The van der Waals surface area contributed by atoms with Crippen molar-refractivity contribution in [3.8, 4) is 22.6 Å². The van der Waals surface area contributed by atoms with Crippen LogP contribution in [0.15, 0.2) is 36.5 Å². The molecule has 1 aliphatic carbocycles. The maximum Gasteiger partial charge on any atom is 0.232 e. The highest BCUT2D eigenvalue weighted by atomic mass is 19.1. The summed E-state index contributed by atoms with van der Waals surface area (Å²) in [6, 6.07) is 8.31. The van der Waals surface area contributed by atoms with Gasteiger partial charge in [-0.15, -0.1) is 0 Å². The highest BCUT2D eigenvalue weighted by molar-refractivity contribution is 5.82. The highest BCUT2D eigenvalue weighted by Crippen LogP contribution is 2.36. The van der Waals surface area contributed by atoms with E-state index in [1.807, 2.05) is 6.92 Å². The number of benzene rings is 1. The van der Waals surface area contributed by atoms with Gasteiger partial charge in [0, 0.05) is 31.9 Å². The summed E-state index contributed by atoms with van der Waals surface area (Å²) in [5.41, 5.74) is 1.83. The first-order chi connectivity index (χ1) is 16.3. The lowest BCUT2D eigenvalue weighted by atomic mass is 9.90. The molecule has 0 unspecified atom stereocenters. The lowest BCUT2D eigenvalue weighted by molar-refractivity contribution is -0.233. The Morgan fingerprint density at radius 2 is 1.85 bits per heavy atom. The molecule has 1 saturated heterocycles. The number of halogens is 1. The van der Waals surface area contributed by atoms with Crippen LogP contribution >= 0.6 is 0 Å². The van der Waals surface area contributed by atoms with E-state index < -0.39 is 11.7 Å². The molecule has 0 bridgehead atoms. The van der Waals surface area contributed by atoms with Crippen LogP contribution in [0, 0.1) is 11.2 Å². The van der Waals surface area contributed by atoms with E-state index in [0.29, 0.717) is 34.9 Å². The SMILES string of the molecule is CN(C)C(=O)C1(C)COC(c2nc(-c3ccc(F)cc3)c(-c3ccnc(NC4CC4)n3)[nH]2)OC1. The van der Waals surface area contributed by atoms with Gasteiger partial charge in [0.05, 0.1) is 35.7 Å². The number of aromatic amines is 1. The molecule has 9 nitrogen and oxygen atoms in total. The second-order valence-electron chi connectivity index (χ2n) is 9.25. The minimum absolute atomic E-state index is 0.0604. The first kappa shape index (κ1) is 22.4. The van der Waals surface area contributed by atoms with Crippen molar-refractivity contribution in [2.75, 3.05) is 32.6 Å². The van der Waals surface area contributed by atoms with Crippen LogP contribution < -0.4 is 5.32 Å². The van der Waals surface area contributed by atoms with E-state index in [1.54, 1.807) is 38.5 Å². The van der Waals surface area contributed by atoms with Gasteiger partial charge in [-0.25, -0.2) is 19.3 Å². The number of hydrogen-bond donors (Lipinski definition) is 2. The molecule has 1 aromatic carbocycles. The largest absolute Gasteiger partial charge is 0.351 e. The van der Waals surface area contributed by atoms with Crippen molar-refractivity contribution in [1.29, 1.82) is 0 Å². The van der Waals surface area contributed by atoms with Gasteiger partial charge in [-0.3, -0.25) is 4.79 Å². The van der Waals surface area contributed by atoms with Crippen molar-refractivity contribution in [2.24, 2.45) is 5.41 Å². The molecule has 178 valence electrons. The number of amides is 1. The molecule has 0 atom stereocenters. The molecule has 10 heteroatoms. The number of aromatic nitrogens is 4. The molecule has 1 amide bonds. The third-order valence-corrected chi connectivity index (χ3v) is 5.91. The molecule has 1 saturated carbocycles. The molecular formula is C24H27FN6O3. The number of imidazole rings is 1. The number of ether oxygens (including phenoxy) is 2. The van der Waals surface area contributed by atoms with E-state index >= 15 is 0 Å². The van der Waals surface area contributed by atoms with Gasteiger partial charge in [0.2, 0.25) is 18.1 Å². The first-order valence-electron chi connectivity index (χ1n) is 11.2. The average Bonchev–Trinajstić information content (AvgIpc) is 3.54. The third-order valence-electron chi connectivity index (χ3n) is 5.91. The summed E-state index contributed by atoms with van der Waals surface area (Å²) in [5.74, 6) is 0.603. The van der Waals surface area contributed by atoms with Crippen LogP contribution in [0.2, 0.25) is 0 Å². The van der Waals surface area contributed by atoms with Crippen LogP contribution in [-0.2, 0) is 14.3 Å². The van der Waals surface area contributed by atoms with Crippen molar-refractivity contribution in [3.05, 3.63) is 48.2 Å². The van der Waals surface area contributed by atoms with Gasteiger partial charge in [-0.1, -0.05) is 0 Å². The number of carbonyl (C=O) groups excluding carboxylic acids is 1. The lowest BCUT2D eigenvalue weighted by Crippen LogP contribution is -2.48. The second kappa shape index (κ2) is 8.77. The summed E-state index contributed by atoms with van der Waals surface area (Å²) in [6.45, 7) is 2.21. The van der Waals surface area contributed by atoms with Crippen LogP contribution in [0.25, 0.3) is 22.6 Å². The minimum atomic E-state index is -0.776. The first-order valence-corrected chi connectivity index (χ1v) is 11.2. The zero-order valence-corrected chi connectivity index (χ0v) is 19.3. The lowest BCUT2D eigenvalue weighted by Gasteiger charge is -2.36. The van der Waals surface area contributed by atoms with Gasteiger partial charge in [0.1, 0.15) is 5.82 Å². The number of H-pyrrole nitrogens is 1. The van der Waals surface area contributed by atoms with Crippen molar-refractivity contribution in [3.63, 3.8) is 0 Å². The van der Waals surface area contributed by atoms with E-state index in [-0.39, 0.29) is 24.9 Å². The monoisotopic (exact) mass is 466 g/mol. The summed E-state index contributed by atoms with van der Waals surface area (Å²) in [5, 5.41) is 3.30. The molecule has 34 heavy (non-hydrogen) atoms. The van der Waals surface area contributed by atoms with E-state index in [0.717, 1.165) is 18.4 Å². The van der Waals surface area contributed by atoms with E-state index in [1.165, 1.54) is 17.0 Å². The fourth-order valence-corrected chi connectivity index (χ4v) is 3.91. The van der Waals surface area contributed by atoms with Crippen molar-refractivity contribution in [1.82, 2.24) is 24.8 Å². The summed E-state index contributed by atoms with van der Waals surface area (Å²) in [4.78, 5) is 31.0. The maximum atomic E-state index is 13.6. The molecule has 0 radical (unpaired) electrons. The van der Waals surface area contributed by atoms with Crippen LogP contribution in [0.4, 0.5) is 10.3 Å². The fraction of sp³-hybridized carbons (Fsp3) is 0.417. The molecule has 2 N–H and O–H groups in total. The van der Waals surface area contributed by atoms with Crippen LogP contribution in [-0.4, -0.2) is 64.1 Å². The average molecular weight is 467 g/mol. The van der Waals surface area contributed by atoms with Gasteiger partial charge in [0.15, 0.2) is 5.82 Å². The van der Waals surface area contributed by atoms with Crippen molar-refractivity contribution >= 4 is 11.9 Å². The Kier molecular flexibility index (Phi) is 5.78. The maximum absolute atomic E-state index is 13.6. The number of nitrogens with zero attached hydrogens (tertiary/aromatic N) is 4. The van der Waals surface area contributed by atoms with E-state index in [2.05, 4.69) is 20.3 Å². The molecule has 3 heterocycles. The van der Waals surface area contributed by atoms with Crippen molar-refractivity contribution < 1.29 is 18.7 Å². The van der Waals surface area contributed by atoms with Gasteiger partial charge >= 0.3 is 0 Å². The zero-order valence-electron chi connectivity index (χ0n) is 19.3. The van der Waals surface area contributed by atoms with Gasteiger partial charge in [-0.2, -0.15) is 0 Å². The summed E-state index contributed by atoms with van der Waals surface area (Å²) in [6.07, 6.45) is 3.12. The molecule has 1 aliphatic heterocycles. The molecule has 2 aliphatic rings. The molecule has 2 fully saturated rings. The quantitative estimate of drug-likeness (QED) is 0.574. The standard InChI is InChI=1S/C24H27FN6O3/c1-24(22(32)31(2)3)12-33-21(34-13-24)20-29-18(14-4-6-15(25)7-5-14)19(30-20)17-10-11-26-23(28-17)27-16-8-9-16/h4-7,10-11,16,21H,8-9,12-13H2,1-3H3,(H,29,30)(H,26,27,28). The van der Waals surface area contributed by atoms with E-state index in [4.69, 9.17) is 14.5 Å². The van der Waals surface area contributed by atoms with Gasteiger partial charge in [-0.05, 0) is 50.1 Å². The number of carbonyl (C=O) groups is 1. The number of hydrogen-bond acceptors (Lipinski definition) is 7. The topological polar surface area (TPSA) is 105 Å². The highest BCUT2D eigenvalue weighted by Gasteiger charge is 2.41. The molecule has 5 rings (SSSR count). The van der Waals surface area contributed by atoms with E-state index in [9.17, 15) is 9.18 Å². The Balaban J connectivity index is 1.47. The minimum Gasteiger partial charge on any atom is -0.351 e. The normalized spacial score (nSPS) is 22.4. The fourth-order valence-electron chi connectivity index (χ4n) is 3.91.